The first-order valence-electron chi connectivity index (χ1n) is 26.2. The van der Waals surface area contributed by atoms with Gasteiger partial charge in [0.15, 0.2) is 0 Å². The maximum Gasteiger partial charge on any atom is 0.326 e. The standard InChI is InChI=1S/C56H81N9O12/c1-10-34(8)47(64-49(69)40(57)27-38-21-23-39(67)24-22-38)53(73)58-30-45(68)59-41(25-31(2)3)50(70)60-42(28-36-17-13-11-14-18-36)51(71)63-46(33(6)7)54(74)61-43(29-37-19-15-12-16-20-37)52(72)65-48(35(9)66)55(75)62-44(56(76)77)26-32(4)5/h11-24,31-35,40-44,46-48,66-67H,10,25-30,57H2,1-9H3,(H,58,73)(H,59,68)(H,60,70)(H,61,74)(H,62,75)(H,63,71)(H,64,69)(H,65,72)(H,76,77)/t34-,35+,40-,41-,42-,43-,44-,46-,47-,48-/m0/s1. The topological polar surface area (TPSA) is 337 Å². The Bertz CT molecular complexity index is 2420. The number of carboxylic acid groups (broad SMARTS) is 1. The molecule has 10 atom stereocenters. The molecule has 0 aliphatic heterocycles. The van der Waals surface area contributed by atoms with E-state index in [1.54, 1.807) is 107 Å². The minimum absolute atomic E-state index is 0.0493. The minimum Gasteiger partial charge on any atom is -0.508 e. The Morgan fingerprint density at radius 2 is 0.909 bits per heavy atom. The highest BCUT2D eigenvalue weighted by Gasteiger charge is 2.36. The minimum atomic E-state index is -1.62. The van der Waals surface area contributed by atoms with E-state index in [-0.39, 0.29) is 55.6 Å². The number of aliphatic hydroxyl groups excluding tert-OH is 1. The van der Waals surface area contributed by atoms with E-state index in [4.69, 9.17) is 5.73 Å². The number of carbonyl (C=O) groups excluding carboxylic acids is 8. The summed E-state index contributed by atoms with van der Waals surface area (Å²) >= 11 is 0. The number of phenolic OH excluding ortho intramolecular Hbond substituents is 1. The highest BCUT2D eigenvalue weighted by molar-refractivity contribution is 5.98. The number of aliphatic hydroxyl groups is 1. The van der Waals surface area contributed by atoms with Gasteiger partial charge in [0.1, 0.15) is 48.0 Å². The number of benzene rings is 3. The predicted octanol–water partition coefficient (Wildman–Crippen LogP) is 1.52. The largest absolute Gasteiger partial charge is 0.508 e. The number of carboxylic acids is 1. The van der Waals surface area contributed by atoms with Crippen molar-refractivity contribution in [2.24, 2.45) is 29.4 Å². The summed E-state index contributed by atoms with van der Waals surface area (Å²) in [5.74, 6) is -8.59. The molecule has 77 heavy (non-hydrogen) atoms. The van der Waals surface area contributed by atoms with Gasteiger partial charge in [-0.1, -0.05) is 135 Å². The van der Waals surface area contributed by atoms with Crippen LogP contribution in [0.4, 0.5) is 0 Å². The van der Waals surface area contributed by atoms with Crippen LogP contribution in [-0.2, 0) is 62.4 Å². The van der Waals surface area contributed by atoms with Crippen molar-refractivity contribution < 1.29 is 58.5 Å². The summed E-state index contributed by atoms with van der Waals surface area (Å²) in [4.78, 5) is 123. The van der Waals surface area contributed by atoms with Crippen LogP contribution < -0.4 is 48.3 Å². The van der Waals surface area contributed by atoms with Gasteiger partial charge >= 0.3 is 5.97 Å². The second-order valence-electron chi connectivity index (χ2n) is 20.8. The van der Waals surface area contributed by atoms with Crippen molar-refractivity contribution in [2.75, 3.05) is 6.54 Å². The molecule has 0 fully saturated rings. The molecule has 422 valence electrons. The van der Waals surface area contributed by atoms with E-state index < -0.39 is 120 Å². The van der Waals surface area contributed by atoms with Crippen molar-refractivity contribution >= 4 is 53.2 Å². The fraction of sp³-hybridized carbons (Fsp3) is 0.518. The first kappa shape index (κ1) is 63.9. The van der Waals surface area contributed by atoms with Gasteiger partial charge in [0.05, 0.1) is 18.7 Å². The van der Waals surface area contributed by atoms with Crippen LogP contribution in [0.15, 0.2) is 84.9 Å². The summed E-state index contributed by atoms with van der Waals surface area (Å²) in [5, 5.41) is 51.0. The van der Waals surface area contributed by atoms with Crippen molar-refractivity contribution in [2.45, 2.75) is 155 Å². The first-order valence-corrected chi connectivity index (χ1v) is 26.2. The Morgan fingerprint density at radius 3 is 1.38 bits per heavy atom. The van der Waals surface area contributed by atoms with E-state index in [0.29, 0.717) is 23.1 Å². The first-order chi connectivity index (χ1) is 36.3. The third kappa shape index (κ3) is 22.0. The Balaban J connectivity index is 1.83. The van der Waals surface area contributed by atoms with Gasteiger partial charge in [0, 0.05) is 12.8 Å². The zero-order valence-electron chi connectivity index (χ0n) is 45.6. The van der Waals surface area contributed by atoms with Crippen molar-refractivity contribution in [3.63, 3.8) is 0 Å². The molecule has 21 nitrogen and oxygen atoms in total. The van der Waals surface area contributed by atoms with Crippen molar-refractivity contribution in [1.82, 2.24) is 42.5 Å². The molecule has 0 spiro atoms. The van der Waals surface area contributed by atoms with Crippen LogP contribution in [0, 0.1) is 23.7 Å². The lowest BCUT2D eigenvalue weighted by Crippen LogP contribution is -2.62. The Morgan fingerprint density at radius 1 is 0.481 bits per heavy atom. The molecule has 0 saturated heterocycles. The van der Waals surface area contributed by atoms with Crippen LogP contribution in [0.1, 0.15) is 98.3 Å². The summed E-state index contributed by atoms with van der Waals surface area (Å²) in [6, 6.07) is 13.4. The molecule has 0 aliphatic carbocycles. The van der Waals surface area contributed by atoms with Crippen LogP contribution >= 0.6 is 0 Å². The number of phenols is 1. The number of amides is 8. The molecule has 0 heterocycles. The molecular weight excluding hydrogens is 991 g/mol. The van der Waals surface area contributed by atoms with E-state index in [1.807, 2.05) is 20.8 Å². The highest BCUT2D eigenvalue weighted by atomic mass is 16.4. The monoisotopic (exact) mass is 1070 g/mol. The van der Waals surface area contributed by atoms with Crippen molar-refractivity contribution in [3.05, 3.63) is 102 Å². The smallest absolute Gasteiger partial charge is 0.326 e. The van der Waals surface area contributed by atoms with Gasteiger partial charge in [0.2, 0.25) is 47.3 Å². The zero-order chi connectivity index (χ0) is 57.5. The molecule has 0 aliphatic rings. The lowest BCUT2D eigenvalue weighted by Gasteiger charge is -2.29. The zero-order valence-corrected chi connectivity index (χ0v) is 45.6. The molecule has 0 radical (unpaired) electrons. The molecule has 3 aromatic rings. The van der Waals surface area contributed by atoms with Gasteiger partial charge in [-0.25, -0.2) is 4.79 Å². The number of hydrogen-bond donors (Lipinski definition) is 12. The Labute approximate surface area is 451 Å². The number of rotatable bonds is 31. The van der Waals surface area contributed by atoms with Crippen LogP contribution in [0.5, 0.6) is 5.75 Å². The summed E-state index contributed by atoms with van der Waals surface area (Å²) in [7, 11) is 0. The third-order valence-electron chi connectivity index (χ3n) is 12.8. The highest BCUT2D eigenvalue weighted by Crippen LogP contribution is 2.15. The van der Waals surface area contributed by atoms with Gasteiger partial charge in [0.25, 0.3) is 0 Å². The second-order valence-corrected chi connectivity index (χ2v) is 20.8. The number of hydrogen-bond acceptors (Lipinski definition) is 12. The normalized spacial score (nSPS) is 15.2. The number of aliphatic carboxylic acids is 1. The molecular formula is C56H81N9O12. The fourth-order valence-electron chi connectivity index (χ4n) is 8.22. The predicted molar refractivity (Wildman–Crippen MR) is 289 cm³/mol. The van der Waals surface area contributed by atoms with E-state index in [0.717, 1.165) is 0 Å². The average Bonchev–Trinajstić information content (AvgIpc) is 3.37. The maximum atomic E-state index is 14.4. The van der Waals surface area contributed by atoms with Crippen LogP contribution in [0.3, 0.4) is 0 Å². The molecule has 0 aromatic heterocycles. The molecule has 8 amide bonds. The molecule has 0 bridgehead atoms. The quantitative estimate of drug-likeness (QED) is 0.0436. The lowest BCUT2D eigenvalue weighted by atomic mass is 9.97. The van der Waals surface area contributed by atoms with E-state index in [2.05, 4.69) is 42.5 Å². The van der Waals surface area contributed by atoms with E-state index in [9.17, 15) is 58.5 Å². The Hall–Kier alpha value is -7.39. The molecule has 3 aromatic carbocycles. The molecule has 13 N–H and O–H groups in total. The maximum absolute atomic E-state index is 14.4. The van der Waals surface area contributed by atoms with Crippen LogP contribution in [0.2, 0.25) is 0 Å². The van der Waals surface area contributed by atoms with E-state index in [1.165, 1.54) is 19.1 Å². The summed E-state index contributed by atoms with van der Waals surface area (Å²) < 4.78 is 0. The van der Waals surface area contributed by atoms with Gasteiger partial charge in [-0.2, -0.15) is 0 Å². The summed E-state index contributed by atoms with van der Waals surface area (Å²) in [6.45, 7) is 14.8. The molecule has 3 rings (SSSR count). The molecule has 21 heteroatoms. The number of carbonyl (C=O) groups is 9. The number of nitrogens with two attached hydrogens (primary N) is 1. The van der Waals surface area contributed by atoms with Crippen LogP contribution in [-0.4, -0.2) is 130 Å². The average molecular weight is 1070 g/mol. The third-order valence-corrected chi connectivity index (χ3v) is 12.8. The summed E-state index contributed by atoms with van der Waals surface area (Å²) in [5.41, 5.74) is 8.13. The fourth-order valence-corrected chi connectivity index (χ4v) is 8.22. The number of aromatic hydroxyl groups is 1. The van der Waals surface area contributed by atoms with Crippen molar-refractivity contribution in [3.8, 4) is 5.75 Å². The summed E-state index contributed by atoms with van der Waals surface area (Å²) in [6.07, 6.45) is -0.810. The second kappa shape index (κ2) is 31.6. The van der Waals surface area contributed by atoms with Gasteiger partial charge in [-0.05, 0) is 78.7 Å². The Kier molecular flexibility index (Phi) is 26.2. The number of nitrogens with one attached hydrogen (secondary N) is 8. The van der Waals surface area contributed by atoms with Crippen molar-refractivity contribution in [1.29, 1.82) is 0 Å². The van der Waals surface area contributed by atoms with Gasteiger partial charge in [-0.3, -0.25) is 38.4 Å². The van der Waals surface area contributed by atoms with Gasteiger partial charge in [-0.15, -0.1) is 0 Å². The van der Waals surface area contributed by atoms with Crippen LogP contribution in [0.25, 0.3) is 0 Å². The SMILES string of the molecule is CC[C@H](C)[C@H](NC(=O)[C@@H](N)Cc1ccc(O)cc1)C(=O)NCC(=O)N[C@@H](CC(C)C)C(=O)N[C@@H](Cc1ccccc1)C(=O)N[C@H](C(=O)N[C@@H](Cc1ccccc1)C(=O)N[C@H](C(=O)N[C@@H](CC(C)C)C(=O)O)[C@@H](C)O)C(C)C. The molecule has 0 saturated carbocycles. The molecule has 0 unspecified atom stereocenters. The van der Waals surface area contributed by atoms with E-state index >= 15 is 0 Å². The van der Waals surface area contributed by atoms with Gasteiger partial charge < -0.3 is 63.6 Å². The lowest BCUT2D eigenvalue weighted by molar-refractivity contribution is -0.143.